The highest BCUT2D eigenvalue weighted by Gasteiger charge is 2.34. The van der Waals surface area contributed by atoms with Gasteiger partial charge in [-0.2, -0.15) is 0 Å². The Morgan fingerprint density at radius 2 is 2.05 bits per heavy atom. The molecule has 5 heteroatoms. The van der Waals surface area contributed by atoms with Gasteiger partial charge in [0.1, 0.15) is 5.60 Å². The Bertz CT molecular complexity index is 341. The largest absolute Gasteiger partial charge is 0.444 e. The average Bonchev–Trinajstić information content (AvgIpc) is 2.37. The first-order valence-electron chi connectivity index (χ1n) is 7.76. The van der Waals surface area contributed by atoms with Crippen LogP contribution in [0.3, 0.4) is 0 Å². The minimum atomic E-state index is -0.410. The van der Waals surface area contributed by atoms with Crippen LogP contribution >= 0.6 is 0 Å². The number of hydrogen-bond donors (Lipinski definition) is 1. The van der Waals surface area contributed by atoms with Crippen LogP contribution in [0.1, 0.15) is 33.6 Å². The summed E-state index contributed by atoms with van der Waals surface area (Å²) < 4.78 is 5.50. The van der Waals surface area contributed by atoms with Crippen molar-refractivity contribution in [3.05, 3.63) is 0 Å². The molecule has 0 aromatic heterocycles. The maximum atomic E-state index is 12.2. The van der Waals surface area contributed by atoms with Crippen LogP contribution in [0.15, 0.2) is 0 Å². The standard InChI is InChI=1S/C15H29N3O2/c1-15(2,3)20-14(19)18-8-5-6-12(11-18)13-10-16-7-9-17(13)4/h12-13,16H,5-11H2,1-4H3. The molecule has 0 bridgehead atoms. The molecule has 116 valence electrons. The molecule has 1 N–H and O–H groups in total. The number of likely N-dealkylation sites (N-methyl/N-ethyl adjacent to an activating group) is 1. The van der Waals surface area contributed by atoms with Gasteiger partial charge in [-0.25, -0.2) is 4.79 Å². The van der Waals surface area contributed by atoms with E-state index in [0.29, 0.717) is 12.0 Å². The van der Waals surface area contributed by atoms with Crippen molar-refractivity contribution in [1.29, 1.82) is 0 Å². The molecule has 0 aliphatic carbocycles. The van der Waals surface area contributed by atoms with Gasteiger partial charge in [0.25, 0.3) is 0 Å². The molecule has 2 fully saturated rings. The van der Waals surface area contributed by atoms with Crippen LogP contribution in [0.5, 0.6) is 0 Å². The van der Waals surface area contributed by atoms with Crippen LogP contribution < -0.4 is 5.32 Å². The maximum Gasteiger partial charge on any atom is 0.410 e. The van der Waals surface area contributed by atoms with E-state index >= 15 is 0 Å². The van der Waals surface area contributed by atoms with Gasteiger partial charge in [0.05, 0.1) is 0 Å². The van der Waals surface area contributed by atoms with Crippen LogP contribution in [0.25, 0.3) is 0 Å². The van der Waals surface area contributed by atoms with Crippen LogP contribution in [-0.2, 0) is 4.74 Å². The van der Waals surface area contributed by atoms with Gasteiger partial charge in [-0.15, -0.1) is 0 Å². The molecule has 5 nitrogen and oxygen atoms in total. The molecule has 2 saturated heterocycles. The third-order valence-corrected chi connectivity index (χ3v) is 4.21. The number of nitrogens with one attached hydrogen (secondary N) is 1. The number of ether oxygens (including phenoxy) is 1. The summed E-state index contributed by atoms with van der Waals surface area (Å²) in [5.74, 6) is 0.550. The molecule has 2 unspecified atom stereocenters. The van der Waals surface area contributed by atoms with E-state index in [4.69, 9.17) is 4.74 Å². The first-order valence-corrected chi connectivity index (χ1v) is 7.76. The molecule has 0 spiro atoms. The first-order chi connectivity index (χ1) is 9.37. The lowest BCUT2D eigenvalue weighted by atomic mass is 9.89. The van der Waals surface area contributed by atoms with Gasteiger partial charge in [0.2, 0.25) is 0 Å². The normalized spacial score (nSPS) is 29.3. The number of rotatable bonds is 1. The quantitative estimate of drug-likeness (QED) is 0.793. The average molecular weight is 283 g/mol. The lowest BCUT2D eigenvalue weighted by molar-refractivity contribution is 0.00840. The van der Waals surface area contributed by atoms with Crippen molar-refractivity contribution >= 4 is 6.09 Å². The number of carbonyl (C=O) groups is 1. The van der Waals surface area contributed by atoms with Gasteiger partial charge in [0, 0.05) is 38.8 Å². The Balaban J connectivity index is 1.92. The van der Waals surface area contributed by atoms with Crippen LogP contribution in [0, 0.1) is 5.92 Å². The zero-order valence-corrected chi connectivity index (χ0v) is 13.3. The van der Waals surface area contributed by atoms with E-state index < -0.39 is 5.60 Å². The van der Waals surface area contributed by atoms with Crippen molar-refractivity contribution < 1.29 is 9.53 Å². The highest BCUT2D eigenvalue weighted by molar-refractivity contribution is 5.68. The number of nitrogens with zero attached hydrogens (tertiary/aromatic N) is 2. The summed E-state index contributed by atoms with van der Waals surface area (Å²) in [6.07, 6.45) is 2.12. The number of likely N-dealkylation sites (tertiary alicyclic amines) is 1. The molecule has 2 aliphatic heterocycles. The van der Waals surface area contributed by atoms with E-state index in [1.165, 1.54) is 6.42 Å². The lowest BCUT2D eigenvalue weighted by Gasteiger charge is -2.43. The molecule has 0 saturated carbocycles. The molecule has 2 atom stereocenters. The fourth-order valence-electron chi connectivity index (χ4n) is 3.17. The molecular formula is C15H29N3O2. The molecule has 2 rings (SSSR count). The third-order valence-electron chi connectivity index (χ3n) is 4.21. The summed E-state index contributed by atoms with van der Waals surface area (Å²) in [5.41, 5.74) is -0.410. The second kappa shape index (κ2) is 6.31. The molecule has 2 aliphatic rings. The Hall–Kier alpha value is -0.810. The van der Waals surface area contributed by atoms with Crippen LogP contribution in [0.4, 0.5) is 4.79 Å². The highest BCUT2D eigenvalue weighted by atomic mass is 16.6. The summed E-state index contributed by atoms with van der Waals surface area (Å²) >= 11 is 0. The zero-order valence-electron chi connectivity index (χ0n) is 13.3. The van der Waals surface area contributed by atoms with E-state index in [1.54, 1.807) is 0 Å². The summed E-state index contributed by atoms with van der Waals surface area (Å²) in [5, 5.41) is 3.47. The first kappa shape index (κ1) is 15.6. The SMILES string of the molecule is CN1CCNCC1C1CCCN(C(=O)OC(C)(C)C)C1. The Kier molecular flexibility index (Phi) is 4.91. The van der Waals surface area contributed by atoms with Gasteiger partial charge in [-0.1, -0.05) is 0 Å². The molecule has 2 heterocycles. The third kappa shape index (κ3) is 4.09. The van der Waals surface area contributed by atoms with E-state index in [-0.39, 0.29) is 6.09 Å². The number of piperazine rings is 1. The minimum Gasteiger partial charge on any atom is -0.444 e. The lowest BCUT2D eigenvalue weighted by Crippen LogP contribution is -2.56. The number of amides is 1. The maximum absolute atomic E-state index is 12.2. The van der Waals surface area contributed by atoms with E-state index in [9.17, 15) is 4.79 Å². The zero-order chi connectivity index (χ0) is 14.8. The van der Waals surface area contributed by atoms with Gasteiger partial charge in [0.15, 0.2) is 0 Å². The highest BCUT2D eigenvalue weighted by Crippen LogP contribution is 2.24. The van der Waals surface area contributed by atoms with Crippen molar-refractivity contribution in [2.24, 2.45) is 5.92 Å². The van der Waals surface area contributed by atoms with Crippen LogP contribution in [-0.4, -0.2) is 67.3 Å². The molecule has 1 amide bonds. The second-order valence-electron chi connectivity index (χ2n) is 7.08. The fraction of sp³-hybridized carbons (Fsp3) is 0.933. The van der Waals surface area contributed by atoms with E-state index in [1.807, 2.05) is 25.7 Å². The van der Waals surface area contributed by atoms with Crippen molar-refractivity contribution in [3.63, 3.8) is 0 Å². The smallest absolute Gasteiger partial charge is 0.410 e. The Morgan fingerprint density at radius 3 is 2.70 bits per heavy atom. The van der Waals surface area contributed by atoms with E-state index in [0.717, 1.165) is 39.1 Å². The van der Waals surface area contributed by atoms with E-state index in [2.05, 4.69) is 17.3 Å². The summed E-state index contributed by atoms with van der Waals surface area (Å²) in [7, 11) is 2.19. The minimum absolute atomic E-state index is 0.159. The summed E-state index contributed by atoms with van der Waals surface area (Å²) in [6.45, 7) is 10.6. The molecule has 0 aromatic rings. The predicted molar refractivity (Wildman–Crippen MR) is 79.8 cm³/mol. The molecule has 20 heavy (non-hydrogen) atoms. The number of piperidine rings is 1. The van der Waals surface area contributed by atoms with Crippen molar-refractivity contribution in [1.82, 2.24) is 15.1 Å². The molecule has 0 aromatic carbocycles. The van der Waals surface area contributed by atoms with Gasteiger partial charge < -0.3 is 19.9 Å². The monoisotopic (exact) mass is 283 g/mol. The topological polar surface area (TPSA) is 44.8 Å². The van der Waals surface area contributed by atoms with Crippen molar-refractivity contribution in [2.45, 2.75) is 45.3 Å². The Labute approximate surface area is 122 Å². The predicted octanol–water partition coefficient (Wildman–Crippen LogP) is 1.54. The van der Waals surface area contributed by atoms with Crippen molar-refractivity contribution in [3.8, 4) is 0 Å². The Morgan fingerprint density at radius 1 is 1.30 bits per heavy atom. The van der Waals surface area contributed by atoms with Crippen molar-refractivity contribution in [2.75, 3.05) is 39.8 Å². The summed E-state index contributed by atoms with van der Waals surface area (Å²) in [4.78, 5) is 16.5. The number of hydrogen-bond acceptors (Lipinski definition) is 4. The van der Waals surface area contributed by atoms with Gasteiger partial charge in [-0.3, -0.25) is 0 Å². The molecular weight excluding hydrogens is 254 g/mol. The molecule has 0 radical (unpaired) electrons. The second-order valence-corrected chi connectivity index (χ2v) is 7.08. The van der Waals surface area contributed by atoms with Gasteiger partial charge in [-0.05, 0) is 46.6 Å². The van der Waals surface area contributed by atoms with Crippen LogP contribution in [0.2, 0.25) is 0 Å². The van der Waals surface area contributed by atoms with Gasteiger partial charge >= 0.3 is 6.09 Å². The fourth-order valence-corrected chi connectivity index (χ4v) is 3.17. The summed E-state index contributed by atoms with van der Waals surface area (Å²) in [6, 6.07) is 0.536. The number of carbonyl (C=O) groups excluding carboxylic acids is 1.